The van der Waals surface area contributed by atoms with E-state index in [1.165, 1.54) is 18.2 Å². The third kappa shape index (κ3) is 14.6. The fraction of sp³-hybridized carbons (Fsp3) is 0.500. The summed E-state index contributed by atoms with van der Waals surface area (Å²) in [5.74, 6) is -3.99. The van der Waals surface area contributed by atoms with Crippen LogP contribution in [0.2, 0.25) is 0 Å². The summed E-state index contributed by atoms with van der Waals surface area (Å²) in [6.45, 7) is 1.35. The number of aliphatic hydroxyl groups is 3. The Morgan fingerprint density at radius 3 is 1.29 bits per heavy atom. The Balaban J connectivity index is 0. The van der Waals surface area contributed by atoms with E-state index < -0.39 is 29.3 Å². The molecule has 0 unspecified atom stereocenters. The van der Waals surface area contributed by atoms with Gasteiger partial charge in [-0.05, 0) is 37.5 Å². The minimum atomic E-state index is -1.13. The number of aliphatic carboxylic acids is 2. The second-order valence-electron chi connectivity index (χ2n) is 6.51. The van der Waals surface area contributed by atoms with Gasteiger partial charge in [0.25, 0.3) is 0 Å². The molecule has 0 aliphatic rings. The van der Waals surface area contributed by atoms with Gasteiger partial charge in [0.1, 0.15) is 0 Å². The smallest absolute Gasteiger partial charge is 0.335 e. The van der Waals surface area contributed by atoms with Crippen molar-refractivity contribution < 1.29 is 54.9 Å². The number of benzene rings is 1. The molecular weight excluding hydrogens is 416 g/mol. The zero-order valence-corrected chi connectivity index (χ0v) is 17.2. The summed E-state index contributed by atoms with van der Waals surface area (Å²) in [6.07, 6.45) is 1.61. The molecule has 0 aromatic heterocycles. The monoisotopic (exact) mass is 446 g/mol. The molecule has 0 heterocycles. The third-order valence-corrected chi connectivity index (χ3v) is 4.14. The summed E-state index contributed by atoms with van der Waals surface area (Å²) < 4.78 is 0. The van der Waals surface area contributed by atoms with Crippen molar-refractivity contribution in [1.29, 1.82) is 0 Å². The quantitative estimate of drug-likeness (QED) is 0.240. The molecule has 1 aromatic carbocycles. The summed E-state index contributed by atoms with van der Waals surface area (Å²) in [5, 5.41) is 59.2. The molecule has 0 saturated carbocycles. The van der Waals surface area contributed by atoms with Crippen LogP contribution >= 0.6 is 0 Å². The molecule has 0 spiro atoms. The largest absolute Gasteiger partial charge is 0.481 e. The van der Waals surface area contributed by atoms with E-state index in [0.29, 0.717) is 19.3 Å². The van der Waals surface area contributed by atoms with Gasteiger partial charge in [-0.15, -0.1) is 0 Å². The molecule has 1 aromatic rings. The lowest BCUT2D eigenvalue weighted by Gasteiger charge is -2.24. The van der Waals surface area contributed by atoms with Crippen molar-refractivity contribution in [2.75, 3.05) is 19.8 Å². The minimum Gasteiger partial charge on any atom is -0.481 e. The predicted octanol–water partition coefficient (Wildman–Crippen LogP) is 1.16. The van der Waals surface area contributed by atoms with Crippen LogP contribution in [0, 0.1) is 5.41 Å². The van der Waals surface area contributed by atoms with Crippen molar-refractivity contribution in [2.45, 2.75) is 39.0 Å². The van der Waals surface area contributed by atoms with Crippen molar-refractivity contribution in [3.8, 4) is 0 Å². The Labute approximate surface area is 179 Å². The summed E-state index contributed by atoms with van der Waals surface area (Å²) in [4.78, 5) is 40.6. The zero-order chi connectivity index (χ0) is 24.4. The van der Waals surface area contributed by atoms with Gasteiger partial charge in [-0.25, -0.2) is 9.59 Å². The third-order valence-electron chi connectivity index (χ3n) is 4.14. The van der Waals surface area contributed by atoms with Crippen molar-refractivity contribution in [2.24, 2.45) is 5.41 Å². The molecule has 11 nitrogen and oxygen atoms in total. The number of rotatable bonds is 11. The number of unbranched alkanes of at least 4 members (excludes halogenated alkanes) is 1. The standard InChI is InChI=1S/C8H6O4.C6H10O4.C6H14O3/c9-7(10)5-2-1-3-6(4-5)8(11)12;7-5(8)3-1-2-4-6(9)10;1-2-6(3-7,4-8)5-9/h1-4H,(H,9,10)(H,11,12);1-4H2,(H,7,8)(H,9,10);7-9H,2-5H2,1H3. The van der Waals surface area contributed by atoms with Crippen molar-refractivity contribution in [3.05, 3.63) is 35.4 Å². The Hall–Kier alpha value is -3.02. The fourth-order valence-corrected chi connectivity index (χ4v) is 1.82. The topological polar surface area (TPSA) is 210 Å². The highest BCUT2D eigenvalue weighted by atomic mass is 16.4. The Bertz CT molecular complexity index is 633. The van der Waals surface area contributed by atoms with Crippen LogP contribution in [0.25, 0.3) is 0 Å². The lowest BCUT2D eigenvalue weighted by molar-refractivity contribution is -0.139. The maximum absolute atomic E-state index is 10.4. The van der Waals surface area contributed by atoms with Crippen LogP contribution in [0.5, 0.6) is 0 Å². The second-order valence-corrected chi connectivity index (χ2v) is 6.51. The van der Waals surface area contributed by atoms with Crippen LogP contribution in [0.4, 0.5) is 0 Å². The second kappa shape index (κ2) is 16.7. The molecule has 0 radical (unpaired) electrons. The maximum Gasteiger partial charge on any atom is 0.335 e. The van der Waals surface area contributed by atoms with Gasteiger partial charge in [0.15, 0.2) is 0 Å². The Kier molecular flexibility index (Phi) is 16.3. The van der Waals surface area contributed by atoms with Crippen molar-refractivity contribution >= 4 is 23.9 Å². The lowest BCUT2D eigenvalue weighted by atomic mass is 9.88. The van der Waals surface area contributed by atoms with Crippen LogP contribution in [-0.4, -0.2) is 79.4 Å². The first-order valence-electron chi connectivity index (χ1n) is 9.31. The van der Waals surface area contributed by atoms with Crippen molar-refractivity contribution in [1.82, 2.24) is 0 Å². The Morgan fingerprint density at radius 1 is 0.742 bits per heavy atom. The van der Waals surface area contributed by atoms with Gasteiger partial charge >= 0.3 is 23.9 Å². The summed E-state index contributed by atoms with van der Waals surface area (Å²) >= 11 is 0. The van der Waals surface area contributed by atoms with Crippen LogP contribution in [0.3, 0.4) is 0 Å². The molecule has 176 valence electrons. The molecule has 11 heteroatoms. The van der Waals surface area contributed by atoms with E-state index >= 15 is 0 Å². The lowest BCUT2D eigenvalue weighted by Crippen LogP contribution is -2.32. The molecule has 0 bridgehead atoms. The predicted molar refractivity (Wildman–Crippen MR) is 108 cm³/mol. The first kappa shape index (κ1) is 30.2. The number of carbonyl (C=O) groups is 4. The van der Waals surface area contributed by atoms with E-state index in [0.717, 1.165) is 6.07 Å². The number of hydrogen-bond donors (Lipinski definition) is 7. The molecule has 0 amide bonds. The van der Waals surface area contributed by atoms with Gasteiger partial charge in [-0.1, -0.05) is 13.0 Å². The average molecular weight is 446 g/mol. The fourth-order valence-electron chi connectivity index (χ4n) is 1.82. The molecular formula is C20H30O11. The van der Waals surface area contributed by atoms with E-state index in [-0.39, 0.29) is 43.8 Å². The maximum atomic E-state index is 10.4. The molecule has 0 aliphatic carbocycles. The van der Waals surface area contributed by atoms with Gasteiger partial charge in [0.2, 0.25) is 0 Å². The number of carboxylic acid groups (broad SMARTS) is 4. The number of carboxylic acids is 4. The normalized spacial score (nSPS) is 10.1. The van der Waals surface area contributed by atoms with Crippen LogP contribution in [0.15, 0.2) is 24.3 Å². The van der Waals surface area contributed by atoms with Gasteiger partial charge in [0.05, 0.1) is 30.9 Å². The van der Waals surface area contributed by atoms with E-state index in [4.69, 9.17) is 35.7 Å². The highest BCUT2D eigenvalue weighted by Crippen LogP contribution is 2.18. The first-order valence-corrected chi connectivity index (χ1v) is 9.31. The minimum absolute atomic E-state index is 0.0186. The molecule has 0 aliphatic heterocycles. The summed E-state index contributed by atoms with van der Waals surface area (Å²) in [5.41, 5.74) is -0.704. The van der Waals surface area contributed by atoms with Gasteiger partial charge in [-0.3, -0.25) is 9.59 Å². The summed E-state index contributed by atoms with van der Waals surface area (Å²) in [6, 6.07) is 5.20. The van der Waals surface area contributed by atoms with Gasteiger partial charge in [-0.2, -0.15) is 0 Å². The van der Waals surface area contributed by atoms with Crippen LogP contribution in [0.1, 0.15) is 59.7 Å². The highest BCUT2D eigenvalue weighted by molar-refractivity contribution is 5.93. The SMILES string of the molecule is CCC(CO)(CO)CO.O=C(O)CCCCC(=O)O.O=C(O)c1cccc(C(=O)O)c1. The van der Waals surface area contributed by atoms with Crippen LogP contribution < -0.4 is 0 Å². The highest BCUT2D eigenvalue weighted by Gasteiger charge is 2.24. The van der Waals surface area contributed by atoms with Crippen LogP contribution in [-0.2, 0) is 9.59 Å². The van der Waals surface area contributed by atoms with E-state index in [2.05, 4.69) is 0 Å². The number of aliphatic hydroxyl groups excluding tert-OH is 3. The number of aromatic carboxylic acids is 2. The van der Waals surface area contributed by atoms with Gasteiger partial charge in [0, 0.05) is 18.3 Å². The van der Waals surface area contributed by atoms with Crippen molar-refractivity contribution in [3.63, 3.8) is 0 Å². The molecule has 0 saturated heterocycles. The summed E-state index contributed by atoms with van der Waals surface area (Å²) in [7, 11) is 0. The average Bonchev–Trinajstić information content (AvgIpc) is 2.74. The van der Waals surface area contributed by atoms with E-state index in [1.807, 2.05) is 6.92 Å². The van der Waals surface area contributed by atoms with Gasteiger partial charge < -0.3 is 35.7 Å². The first-order chi connectivity index (χ1) is 14.5. The molecule has 0 atom stereocenters. The van der Waals surface area contributed by atoms with E-state index in [1.54, 1.807) is 0 Å². The molecule has 0 fully saturated rings. The number of hydrogen-bond acceptors (Lipinski definition) is 7. The Morgan fingerprint density at radius 2 is 1.10 bits per heavy atom. The zero-order valence-electron chi connectivity index (χ0n) is 17.2. The van der Waals surface area contributed by atoms with E-state index in [9.17, 15) is 19.2 Å². The molecule has 7 N–H and O–H groups in total. The molecule has 31 heavy (non-hydrogen) atoms. The molecule has 1 rings (SSSR count).